The summed E-state index contributed by atoms with van der Waals surface area (Å²) in [6, 6.07) is 0.191. The predicted molar refractivity (Wildman–Crippen MR) is 53.6 cm³/mol. The number of carbonyl (C=O) groups is 1. The highest BCUT2D eigenvalue weighted by atomic mass is 127. The Morgan fingerprint density at radius 1 is 1.50 bits per heavy atom. The average molecular weight is 313 g/mol. The van der Waals surface area contributed by atoms with E-state index in [2.05, 4.69) is 0 Å². The number of halogens is 3. The highest BCUT2D eigenvalue weighted by Crippen LogP contribution is 2.22. The summed E-state index contributed by atoms with van der Waals surface area (Å²) in [4.78, 5) is 10.5. The monoisotopic (exact) mass is 313 g/mol. The van der Waals surface area contributed by atoms with Crippen molar-refractivity contribution in [2.24, 2.45) is 5.73 Å². The summed E-state index contributed by atoms with van der Waals surface area (Å²) >= 11 is 1.59. The smallest absolute Gasteiger partial charge is 0.325 e. The molecule has 14 heavy (non-hydrogen) atoms. The van der Waals surface area contributed by atoms with E-state index >= 15 is 0 Å². The maximum absolute atomic E-state index is 13.0. The molecule has 0 aliphatic heterocycles. The minimum atomic E-state index is -1.41. The Bertz CT molecular complexity index is 384. The number of benzene rings is 1. The Labute approximate surface area is 92.0 Å². The normalized spacial score (nSPS) is 12.6. The van der Waals surface area contributed by atoms with Crippen LogP contribution in [0, 0.1) is 15.2 Å². The Morgan fingerprint density at radius 3 is 2.57 bits per heavy atom. The Morgan fingerprint density at radius 2 is 2.07 bits per heavy atom. The van der Waals surface area contributed by atoms with E-state index in [1.807, 2.05) is 0 Å². The maximum Gasteiger partial charge on any atom is 0.325 e. The second kappa shape index (κ2) is 4.18. The third-order valence-electron chi connectivity index (χ3n) is 1.62. The molecule has 3 N–H and O–H groups in total. The van der Waals surface area contributed by atoms with Gasteiger partial charge in [0.05, 0.1) is 3.57 Å². The molecular weight excluding hydrogens is 307 g/mol. The fraction of sp³-hybridized carbons (Fsp3) is 0.125. The standard InChI is InChI=1S/C8H6F2INO2/c9-3-1-4(7(12)8(13)14)6(11)5(10)2-3/h1-2,7H,12H2,(H,13,14)/t7-/m1/s1. The summed E-state index contributed by atoms with van der Waals surface area (Å²) < 4.78 is 25.7. The first kappa shape index (κ1) is 11.3. The summed E-state index contributed by atoms with van der Waals surface area (Å²) in [5.74, 6) is -2.97. The fourth-order valence-electron chi connectivity index (χ4n) is 0.935. The topological polar surface area (TPSA) is 63.3 Å². The van der Waals surface area contributed by atoms with Crippen LogP contribution in [0.3, 0.4) is 0 Å². The van der Waals surface area contributed by atoms with Gasteiger partial charge in [0.2, 0.25) is 0 Å². The number of hydrogen-bond donors (Lipinski definition) is 2. The zero-order chi connectivity index (χ0) is 10.9. The third-order valence-corrected chi connectivity index (χ3v) is 2.76. The van der Waals surface area contributed by atoms with Crippen molar-refractivity contribution in [2.45, 2.75) is 6.04 Å². The van der Waals surface area contributed by atoms with Crippen LogP contribution in [0.5, 0.6) is 0 Å². The molecule has 1 aromatic carbocycles. The summed E-state index contributed by atoms with van der Waals surface area (Å²) in [6.45, 7) is 0. The second-order valence-corrected chi connectivity index (χ2v) is 3.69. The molecule has 0 unspecified atom stereocenters. The molecule has 0 aliphatic rings. The first-order valence-electron chi connectivity index (χ1n) is 3.56. The minimum absolute atomic E-state index is 0.0268. The van der Waals surface area contributed by atoms with E-state index in [-0.39, 0.29) is 9.13 Å². The molecule has 0 bridgehead atoms. The highest BCUT2D eigenvalue weighted by Gasteiger charge is 2.20. The molecule has 0 saturated heterocycles. The lowest BCUT2D eigenvalue weighted by atomic mass is 10.1. The van der Waals surface area contributed by atoms with Gasteiger partial charge in [-0.1, -0.05) is 0 Å². The molecule has 0 saturated carbocycles. The van der Waals surface area contributed by atoms with Gasteiger partial charge in [-0.2, -0.15) is 0 Å². The van der Waals surface area contributed by atoms with E-state index in [1.165, 1.54) is 0 Å². The minimum Gasteiger partial charge on any atom is -0.480 e. The van der Waals surface area contributed by atoms with E-state index in [4.69, 9.17) is 10.8 Å². The van der Waals surface area contributed by atoms with Gasteiger partial charge in [-0.25, -0.2) is 8.78 Å². The van der Waals surface area contributed by atoms with Crippen molar-refractivity contribution >= 4 is 28.6 Å². The number of nitrogens with two attached hydrogens (primary N) is 1. The number of carboxylic acid groups (broad SMARTS) is 1. The molecule has 3 nitrogen and oxygen atoms in total. The Kier molecular flexibility index (Phi) is 3.38. The zero-order valence-corrected chi connectivity index (χ0v) is 8.96. The number of carboxylic acids is 1. The first-order valence-corrected chi connectivity index (χ1v) is 4.64. The molecule has 1 rings (SSSR count). The second-order valence-electron chi connectivity index (χ2n) is 2.61. The van der Waals surface area contributed by atoms with Crippen molar-refractivity contribution in [3.63, 3.8) is 0 Å². The zero-order valence-electron chi connectivity index (χ0n) is 6.80. The van der Waals surface area contributed by atoms with Gasteiger partial charge >= 0.3 is 5.97 Å². The maximum atomic E-state index is 13.0. The van der Waals surface area contributed by atoms with Gasteiger partial charge in [-0.15, -0.1) is 0 Å². The van der Waals surface area contributed by atoms with Crippen LogP contribution < -0.4 is 5.73 Å². The van der Waals surface area contributed by atoms with Crippen molar-refractivity contribution in [3.8, 4) is 0 Å². The quantitative estimate of drug-likeness (QED) is 0.645. The van der Waals surface area contributed by atoms with Crippen LogP contribution in [-0.4, -0.2) is 11.1 Å². The third kappa shape index (κ3) is 2.18. The Hall–Kier alpha value is -0.760. The summed E-state index contributed by atoms with van der Waals surface area (Å²) in [5.41, 5.74) is 5.18. The van der Waals surface area contributed by atoms with Gasteiger partial charge in [-0.05, 0) is 34.2 Å². The van der Waals surface area contributed by atoms with E-state index in [0.29, 0.717) is 6.07 Å². The molecule has 0 radical (unpaired) electrons. The molecule has 0 heterocycles. The van der Waals surface area contributed by atoms with Gasteiger partial charge in [0.1, 0.15) is 17.7 Å². The molecule has 0 aromatic heterocycles. The molecule has 76 valence electrons. The van der Waals surface area contributed by atoms with E-state index in [0.717, 1.165) is 6.07 Å². The van der Waals surface area contributed by atoms with Crippen LogP contribution in [0.25, 0.3) is 0 Å². The molecule has 1 atom stereocenters. The Balaban J connectivity index is 3.26. The van der Waals surface area contributed by atoms with Crippen LogP contribution in [-0.2, 0) is 4.79 Å². The predicted octanol–water partition coefficient (Wildman–Crippen LogP) is 1.65. The van der Waals surface area contributed by atoms with E-state index in [9.17, 15) is 13.6 Å². The van der Waals surface area contributed by atoms with Crippen molar-refractivity contribution in [2.75, 3.05) is 0 Å². The molecule has 0 spiro atoms. The van der Waals surface area contributed by atoms with E-state index in [1.54, 1.807) is 22.6 Å². The van der Waals surface area contributed by atoms with Gasteiger partial charge < -0.3 is 10.8 Å². The van der Waals surface area contributed by atoms with E-state index < -0.39 is 23.6 Å². The van der Waals surface area contributed by atoms with Crippen LogP contribution in [0.2, 0.25) is 0 Å². The molecule has 0 aliphatic carbocycles. The van der Waals surface area contributed by atoms with Crippen LogP contribution in [0.15, 0.2) is 12.1 Å². The van der Waals surface area contributed by atoms with Crippen LogP contribution >= 0.6 is 22.6 Å². The molecule has 0 fully saturated rings. The largest absolute Gasteiger partial charge is 0.480 e. The molecule has 0 amide bonds. The van der Waals surface area contributed by atoms with Crippen molar-refractivity contribution < 1.29 is 18.7 Å². The SMILES string of the molecule is N[C@@H](C(=O)O)c1cc(F)cc(F)c1I. The van der Waals surface area contributed by atoms with Gasteiger partial charge in [0, 0.05) is 6.07 Å². The van der Waals surface area contributed by atoms with Crippen LogP contribution in [0.1, 0.15) is 11.6 Å². The molecule has 6 heteroatoms. The summed E-state index contributed by atoms with van der Waals surface area (Å²) in [6.07, 6.45) is 0. The van der Waals surface area contributed by atoms with Crippen molar-refractivity contribution in [1.29, 1.82) is 0 Å². The van der Waals surface area contributed by atoms with Gasteiger partial charge in [0.15, 0.2) is 0 Å². The number of rotatable bonds is 2. The average Bonchev–Trinajstić information content (AvgIpc) is 2.09. The summed E-state index contributed by atoms with van der Waals surface area (Å²) in [7, 11) is 0. The van der Waals surface area contributed by atoms with Crippen molar-refractivity contribution in [1.82, 2.24) is 0 Å². The first-order chi connectivity index (χ1) is 6.43. The van der Waals surface area contributed by atoms with Crippen LogP contribution in [0.4, 0.5) is 8.78 Å². The van der Waals surface area contributed by atoms with Crippen molar-refractivity contribution in [3.05, 3.63) is 32.9 Å². The number of hydrogen-bond acceptors (Lipinski definition) is 2. The lowest BCUT2D eigenvalue weighted by Gasteiger charge is -2.09. The lowest BCUT2D eigenvalue weighted by molar-refractivity contribution is -0.138. The van der Waals surface area contributed by atoms with Gasteiger partial charge in [-0.3, -0.25) is 4.79 Å². The fourth-order valence-corrected chi connectivity index (χ4v) is 1.58. The van der Waals surface area contributed by atoms with Gasteiger partial charge in [0.25, 0.3) is 0 Å². The lowest BCUT2D eigenvalue weighted by Crippen LogP contribution is -2.22. The highest BCUT2D eigenvalue weighted by molar-refractivity contribution is 14.1. The molecule has 1 aromatic rings. The number of aliphatic carboxylic acids is 1. The summed E-state index contributed by atoms with van der Waals surface area (Å²) in [5, 5.41) is 8.57. The molecular formula is C8H6F2INO2.